The molecule has 94 valence electrons. The van der Waals surface area contributed by atoms with Gasteiger partial charge in [-0.3, -0.25) is 0 Å². The van der Waals surface area contributed by atoms with Crippen molar-refractivity contribution in [3.63, 3.8) is 0 Å². The maximum atomic E-state index is 11.7. The van der Waals surface area contributed by atoms with Crippen LogP contribution in [0.4, 0.5) is 0 Å². The van der Waals surface area contributed by atoms with Gasteiger partial charge in [0.15, 0.2) is 0 Å². The normalized spacial score (nSPS) is 12.1. The number of rotatable bonds is 7. The topological polar surface area (TPSA) is 26.3 Å². The Hall–Kier alpha value is -1.31. The standard InChI is InChI=1S/C15H22O2/c1-3-4-5-7-10-13(2)17-15(16)14-11-8-6-9-12-14/h6,8-9,11-13H,3-5,7,10H2,1-2H3/t13-/m1/s1. The van der Waals surface area contributed by atoms with Crippen LogP contribution in [-0.4, -0.2) is 12.1 Å². The van der Waals surface area contributed by atoms with Crippen molar-refractivity contribution in [1.82, 2.24) is 0 Å². The van der Waals surface area contributed by atoms with Crippen LogP contribution in [0.15, 0.2) is 30.3 Å². The molecule has 1 aromatic rings. The lowest BCUT2D eigenvalue weighted by Crippen LogP contribution is -2.14. The first-order chi connectivity index (χ1) is 8.24. The van der Waals surface area contributed by atoms with Gasteiger partial charge in [-0.25, -0.2) is 4.79 Å². The van der Waals surface area contributed by atoms with Crippen molar-refractivity contribution >= 4 is 5.97 Å². The molecule has 0 aliphatic carbocycles. The Morgan fingerprint density at radius 2 is 1.88 bits per heavy atom. The zero-order valence-corrected chi connectivity index (χ0v) is 10.8. The van der Waals surface area contributed by atoms with Gasteiger partial charge in [-0.05, 0) is 31.9 Å². The molecular weight excluding hydrogens is 212 g/mol. The molecule has 2 nitrogen and oxygen atoms in total. The second kappa shape index (κ2) is 7.88. The molecule has 0 aromatic heterocycles. The van der Waals surface area contributed by atoms with Gasteiger partial charge in [0.25, 0.3) is 0 Å². The van der Waals surface area contributed by atoms with Crippen molar-refractivity contribution in [3.8, 4) is 0 Å². The van der Waals surface area contributed by atoms with Crippen LogP contribution in [0.1, 0.15) is 56.3 Å². The van der Waals surface area contributed by atoms with Crippen molar-refractivity contribution in [2.45, 2.75) is 52.1 Å². The van der Waals surface area contributed by atoms with Gasteiger partial charge < -0.3 is 4.74 Å². The van der Waals surface area contributed by atoms with Gasteiger partial charge in [-0.15, -0.1) is 0 Å². The molecule has 1 aromatic carbocycles. The van der Waals surface area contributed by atoms with Gasteiger partial charge in [0.05, 0.1) is 11.7 Å². The van der Waals surface area contributed by atoms with Crippen molar-refractivity contribution in [3.05, 3.63) is 35.9 Å². The average molecular weight is 234 g/mol. The summed E-state index contributed by atoms with van der Waals surface area (Å²) in [7, 11) is 0. The highest BCUT2D eigenvalue weighted by Crippen LogP contribution is 2.10. The Kier molecular flexibility index (Phi) is 6.38. The molecular formula is C15H22O2. The molecule has 0 fully saturated rings. The molecule has 0 bridgehead atoms. The first-order valence-electron chi connectivity index (χ1n) is 6.50. The fraction of sp³-hybridized carbons (Fsp3) is 0.533. The van der Waals surface area contributed by atoms with Crippen molar-refractivity contribution in [1.29, 1.82) is 0 Å². The van der Waals surface area contributed by atoms with Gasteiger partial charge in [-0.1, -0.05) is 44.4 Å². The molecule has 17 heavy (non-hydrogen) atoms. The fourth-order valence-corrected chi connectivity index (χ4v) is 1.74. The Balaban J connectivity index is 2.26. The Labute approximate surface area is 104 Å². The molecule has 0 aliphatic rings. The van der Waals surface area contributed by atoms with Crippen LogP contribution in [0.3, 0.4) is 0 Å². The van der Waals surface area contributed by atoms with E-state index in [0.717, 1.165) is 12.8 Å². The summed E-state index contributed by atoms with van der Waals surface area (Å²) in [6.07, 6.45) is 5.83. The highest BCUT2D eigenvalue weighted by molar-refractivity contribution is 5.89. The van der Waals surface area contributed by atoms with E-state index in [1.54, 1.807) is 12.1 Å². The molecule has 0 amide bonds. The van der Waals surface area contributed by atoms with Crippen molar-refractivity contribution in [2.24, 2.45) is 0 Å². The van der Waals surface area contributed by atoms with Crippen LogP contribution >= 0.6 is 0 Å². The molecule has 2 heteroatoms. The van der Waals surface area contributed by atoms with Crippen LogP contribution < -0.4 is 0 Å². The van der Waals surface area contributed by atoms with E-state index in [-0.39, 0.29) is 12.1 Å². The predicted octanol–water partition coefficient (Wildman–Crippen LogP) is 4.20. The van der Waals surface area contributed by atoms with Crippen LogP contribution in [0, 0.1) is 0 Å². The average Bonchev–Trinajstić information content (AvgIpc) is 2.36. The van der Waals surface area contributed by atoms with Crippen molar-refractivity contribution in [2.75, 3.05) is 0 Å². The lowest BCUT2D eigenvalue weighted by atomic mass is 10.1. The number of carbonyl (C=O) groups excluding carboxylic acids is 1. The van der Waals surface area contributed by atoms with E-state index in [2.05, 4.69) is 6.92 Å². The van der Waals surface area contributed by atoms with E-state index < -0.39 is 0 Å². The summed E-state index contributed by atoms with van der Waals surface area (Å²) in [5.41, 5.74) is 0.632. The Bertz CT molecular complexity index is 319. The van der Waals surface area contributed by atoms with Gasteiger partial charge in [0, 0.05) is 0 Å². The maximum absolute atomic E-state index is 11.7. The summed E-state index contributed by atoms with van der Waals surface area (Å²) in [4.78, 5) is 11.7. The summed E-state index contributed by atoms with van der Waals surface area (Å²) in [6, 6.07) is 9.16. The lowest BCUT2D eigenvalue weighted by molar-refractivity contribution is 0.0319. The maximum Gasteiger partial charge on any atom is 0.338 e. The Morgan fingerprint density at radius 1 is 1.18 bits per heavy atom. The predicted molar refractivity (Wildman–Crippen MR) is 70.1 cm³/mol. The molecule has 0 heterocycles. The number of benzene rings is 1. The smallest absolute Gasteiger partial charge is 0.338 e. The van der Waals surface area contributed by atoms with E-state index in [1.165, 1.54) is 19.3 Å². The third-order valence-electron chi connectivity index (χ3n) is 2.78. The van der Waals surface area contributed by atoms with Crippen LogP contribution in [0.5, 0.6) is 0 Å². The van der Waals surface area contributed by atoms with Crippen LogP contribution in [0.25, 0.3) is 0 Å². The van der Waals surface area contributed by atoms with E-state index in [1.807, 2.05) is 25.1 Å². The van der Waals surface area contributed by atoms with Crippen LogP contribution in [0.2, 0.25) is 0 Å². The van der Waals surface area contributed by atoms with E-state index in [4.69, 9.17) is 4.74 Å². The highest BCUT2D eigenvalue weighted by Gasteiger charge is 2.10. The largest absolute Gasteiger partial charge is 0.459 e. The summed E-state index contributed by atoms with van der Waals surface area (Å²) >= 11 is 0. The fourth-order valence-electron chi connectivity index (χ4n) is 1.74. The molecule has 0 saturated carbocycles. The Morgan fingerprint density at radius 3 is 2.53 bits per heavy atom. The molecule has 0 saturated heterocycles. The second-order valence-corrected chi connectivity index (χ2v) is 4.43. The highest BCUT2D eigenvalue weighted by atomic mass is 16.5. The summed E-state index contributed by atoms with van der Waals surface area (Å²) in [5.74, 6) is -0.214. The number of ether oxygens (including phenoxy) is 1. The minimum Gasteiger partial charge on any atom is -0.459 e. The first kappa shape index (κ1) is 13.8. The number of hydrogen-bond acceptors (Lipinski definition) is 2. The third kappa shape index (κ3) is 5.53. The number of unbranched alkanes of at least 4 members (excludes halogenated alkanes) is 3. The van der Waals surface area contributed by atoms with E-state index in [9.17, 15) is 4.79 Å². The molecule has 0 radical (unpaired) electrons. The lowest BCUT2D eigenvalue weighted by Gasteiger charge is -2.12. The summed E-state index contributed by atoms with van der Waals surface area (Å²) in [5, 5.41) is 0. The second-order valence-electron chi connectivity index (χ2n) is 4.43. The minimum atomic E-state index is -0.214. The third-order valence-corrected chi connectivity index (χ3v) is 2.78. The molecule has 0 N–H and O–H groups in total. The number of hydrogen-bond donors (Lipinski definition) is 0. The summed E-state index contributed by atoms with van der Waals surface area (Å²) in [6.45, 7) is 4.16. The van der Waals surface area contributed by atoms with Gasteiger partial charge >= 0.3 is 5.97 Å². The monoisotopic (exact) mass is 234 g/mol. The van der Waals surface area contributed by atoms with Crippen molar-refractivity contribution < 1.29 is 9.53 Å². The molecule has 1 atom stereocenters. The zero-order chi connectivity index (χ0) is 12.5. The molecule has 1 rings (SSSR count). The molecule has 0 spiro atoms. The molecule has 0 unspecified atom stereocenters. The number of carbonyl (C=O) groups is 1. The number of esters is 1. The van der Waals surface area contributed by atoms with Gasteiger partial charge in [0.2, 0.25) is 0 Å². The van der Waals surface area contributed by atoms with E-state index >= 15 is 0 Å². The summed E-state index contributed by atoms with van der Waals surface area (Å²) < 4.78 is 5.38. The van der Waals surface area contributed by atoms with Crippen LogP contribution in [-0.2, 0) is 4.74 Å². The zero-order valence-electron chi connectivity index (χ0n) is 10.8. The van der Waals surface area contributed by atoms with Gasteiger partial charge in [0.1, 0.15) is 0 Å². The quantitative estimate of drug-likeness (QED) is 0.522. The molecule has 0 aliphatic heterocycles. The first-order valence-corrected chi connectivity index (χ1v) is 6.50. The van der Waals surface area contributed by atoms with Gasteiger partial charge in [-0.2, -0.15) is 0 Å². The van der Waals surface area contributed by atoms with E-state index in [0.29, 0.717) is 5.56 Å². The SMILES string of the molecule is CCCCCC[C@@H](C)OC(=O)c1ccccc1. The minimum absolute atomic E-state index is 0.0135.